The second kappa shape index (κ2) is 53.4. The zero-order valence-electron chi connectivity index (χ0n) is 40.2. The number of aliphatic hydroxyl groups excluding tert-OH is 4. The van der Waals surface area contributed by atoms with Crippen molar-refractivity contribution < 1.29 is 53.3 Å². The Morgan fingerprint density at radius 3 is 1.08 bits per heavy atom. The van der Waals surface area contributed by atoms with Crippen LogP contribution in [-0.2, 0) is 27.9 Å². The first-order chi connectivity index (χ1) is 29.5. The highest BCUT2D eigenvalue weighted by molar-refractivity contribution is 7.45. The molecule has 0 saturated carbocycles. The van der Waals surface area contributed by atoms with Crippen LogP contribution in [0.3, 0.4) is 0 Å². The van der Waals surface area contributed by atoms with Gasteiger partial charge in [0.05, 0.1) is 26.4 Å². The van der Waals surface area contributed by atoms with E-state index < -0.39 is 33.2 Å². The Hall–Kier alpha value is -0.910. The minimum absolute atomic E-state index is 0.104. The summed E-state index contributed by atoms with van der Waals surface area (Å²) in [6.07, 6.45) is 42.2. The molecule has 0 spiro atoms. The molecule has 0 fully saturated rings. The van der Waals surface area contributed by atoms with E-state index in [0.29, 0.717) is 18.6 Å². The molecule has 11 nitrogen and oxygen atoms in total. The molecule has 12 heteroatoms. The van der Waals surface area contributed by atoms with Crippen molar-refractivity contribution in [2.45, 2.75) is 271 Å². The largest absolute Gasteiger partial charge is 0.756 e. The summed E-state index contributed by atoms with van der Waals surface area (Å²) >= 11 is 0. The van der Waals surface area contributed by atoms with Gasteiger partial charge in [-0.25, -0.2) is 0 Å². The van der Waals surface area contributed by atoms with E-state index in [1.165, 1.54) is 180 Å². The summed E-state index contributed by atoms with van der Waals surface area (Å²) < 4.78 is 25.3. The smallest absolute Gasteiger partial charge is 0.305 e. The summed E-state index contributed by atoms with van der Waals surface area (Å²) in [5.41, 5.74) is 0. The maximum atomic E-state index is 11.3. The van der Waals surface area contributed by atoms with E-state index in [0.717, 1.165) is 38.5 Å². The van der Waals surface area contributed by atoms with Gasteiger partial charge in [0.1, 0.15) is 24.6 Å². The second-order valence-corrected chi connectivity index (χ2v) is 18.5. The summed E-state index contributed by atoms with van der Waals surface area (Å²) in [6.45, 7) is 7.04. The van der Waals surface area contributed by atoms with E-state index in [1.807, 2.05) is 0 Å². The first-order valence-electron chi connectivity index (χ1n) is 25.3. The third-order valence-corrected chi connectivity index (χ3v) is 11.6. The number of carbonyl (C=O) groups excluding carboxylic acids is 2. The van der Waals surface area contributed by atoms with Crippen LogP contribution in [-0.4, -0.2) is 77.4 Å². The van der Waals surface area contributed by atoms with Crippen LogP contribution >= 0.6 is 7.82 Å². The monoisotopic (exact) mass is 896 g/mol. The number of hydrogen-bond acceptors (Lipinski definition) is 11. The van der Waals surface area contributed by atoms with Gasteiger partial charge in [0.2, 0.25) is 0 Å². The topological polar surface area (TPSA) is 183 Å². The lowest BCUT2D eigenvalue weighted by Gasteiger charge is -2.23. The van der Waals surface area contributed by atoms with Crippen LogP contribution in [0.25, 0.3) is 0 Å². The normalized spacial score (nSPS) is 13.1. The van der Waals surface area contributed by atoms with Crippen LogP contribution in [0.5, 0.6) is 0 Å². The Bertz CT molecular complexity index is 923. The molecule has 0 aliphatic rings. The number of phosphoric ester groups is 1. The van der Waals surface area contributed by atoms with E-state index in [2.05, 4.69) is 25.3 Å². The lowest BCUT2D eigenvalue weighted by atomic mass is 10.0. The Kier molecular flexibility index (Phi) is 56.4. The first kappa shape index (κ1) is 64.4. The molecular formula is C49H100O11P-. The Labute approximate surface area is 375 Å². The molecular weight excluding hydrogens is 796 g/mol. The number of hydrogen-bond donors (Lipinski definition) is 4. The van der Waals surface area contributed by atoms with Crippen LogP contribution in [0.1, 0.15) is 259 Å². The number of aliphatic hydroxyl groups is 4. The SMILES string of the molecule is CCCCCCCCCCCCCC(=O)OCC(O)CO.CCCCCCCCCCCCCC(C)=O.CCCCCCCCCCCCCCOP(=O)([O-])OCC(O)CO. The molecule has 0 rings (SSSR count). The summed E-state index contributed by atoms with van der Waals surface area (Å²) in [5, 5.41) is 35.2. The van der Waals surface area contributed by atoms with Crippen molar-refractivity contribution in [2.24, 2.45) is 0 Å². The number of carbonyl (C=O) groups is 2. The van der Waals surface area contributed by atoms with Gasteiger partial charge in [0, 0.05) is 12.8 Å². The van der Waals surface area contributed by atoms with Crippen molar-refractivity contribution in [3.63, 3.8) is 0 Å². The van der Waals surface area contributed by atoms with E-state index >= 15 is 0 Å². The molecule has 368 valence electrons. The van der Waals surface area contributed by atoms with Crippen LogP contribution in [0.2, 0.25) is 0 Å². The van der Waals surface area contributed by atoms with Crippen molar-refractivity contribution in [1.82, 2.24) is 0 Å². The Balaban J connectivity index is -0.000000844. The zero-order valence-corrected chi connectivity index (χ0v) is 41.1. The van der Waals surface area contributed by atoms with E-state index in [1.54, 1.807) is 6.92 Å². The molecule has 0 saturated heterocycles. The number of rotatable bonds is 45. The van der Waals surface area contributed by atoms with Gasteiger partial charge in [-0.15, -0.1) is 0 Å². The molecule has 0 heterocycles. The molecule has 3 unspecified atom stereocenters. The van der Waals surface area contributed by atoms with Crippen molar-refractivity contribution in [3.05, 3.63) is 0 Å². The molecule has 0 aliphatic heterocycles. The molecule has 4 N–H and O–H groups in total. The standard InChI is InChI=1S/C17H37O6P.C17H34O4.C15H30O/c1-2-3-4-5-6-7-8-9-10-11-12-13-14-22-24(20,21)23-16-17(19)15-18;1-2-3-4-5-6-7-8-9-10-11-12-13-17(20)21-15-16(19)14-18;1-3-4-5-6-7-8-9-10-11-12-13-14-15(2)16/h17-19H,2-16H2,1H3,(H,20,21);16,18-19H,2-15H2,1H3;3-14H2,1-2H3/p-1. The highest BCUT2D eigenvalue weighted by Gasteiger charge is 2.12. The number of ketones is 1. The van der Waals surface area contributed by atoms with Gasteiger partial charge in [0.15, 0.2) is 0 Å². The molecule has 0 aromatic rings. The molecule has 61 heavy (non-hydrogen) atoms. The van der Waals surface area contributed by atoms with Crippen molar-refractivity contribution in [1.29, 1.82) is 0 Å². The number of esters is 1. The van der Waals surface area contributed by atoms with E-state index in [9.17, 15) is 19.0 Å². The minimum atomic E-state index is -4.36. The predicted octanol–water partition coefficient (Wildman–Crippen LogP) is 12.4. The van der Waals surface area contributed by atoms with Crippen LogP contribution in [0.15, 0.2) is 0 Å². The quantitative estimate of drug-likeness (QED) is 0.0259. The van der Waals surface area contributed by atoms with Gasteiger partial charge in [-0.3, -0.25) is 9.36 Å². The van der Waals surface area contributed by atoms with E-state index in [-0.39, 0.29) is 25.8 Å². The average Bonchev–Trinajstić information content (AvgIpc) is 3.25. The van der Waals surface area contributed by atoms with Gasteiger partial charge in [-0.2, -0.15) is 0 Å². The van der Waals surface area contributed by atoms with Crippen LogP contribution in [0.4, 0.5) is 0 Å². The third kappa shape index (κ3) is 61.2. The van der Waals surface area contributed by atoms with Gasteiger partial charge < -0.3 is 43.9 Å². The maximum Gasteiger partial charge on any atom is 0.305 e. The number of phosphoric acid groups is 1. The molecule has 3 atom stereocenters. The van der Waals surface area contributed by atoms with Gasteiger partial charge in [-0.1, -0.05) is 220 Å². The molecule has 0 amide bonds. The summed E-state index contributed by atoms with van der Waals surface area (Å²) in [7, 11) is -4.36. The molecule has 0 aliphatic carbocycles. The number of ether oxygens (including phenoxy) is 1. The van der Waals surface area contributed by atoms with Crippen molar-refractivity contribution in [3.8, 4) is 0 Å². The minimum Gasteiger partial charge on any atom is -0.756 e. The number of unbranched alkanes of at least 4 members (excludes halogenated alkanes) is 31. The Morgan fingerprint density at radius 2 is 0.754 bits per heavy atom. The first-order valence-corrected chi connectivity index (χ1v) is 26.8. The lowest BCUT2D eigenvalue weighted by molar-refractivity contribution is -0.227. The predicted molar refractivity (Wildman–Crippen MR) is 251 cm³/mol. The maximum absolute atomic E-state index is 11.3. The zero-order chi connectivity index (χ0) is 45.9. The highest BCUT2D eigenvalue weighted by Crippen LogP contribution is 2.38. The lowest BCUT2D eigenvalue weighted by Crippen LogP contribution is -2.21. The fraction of sp³-hybridized carbons (Fsp3) is 0.959. The average molecular weight is 896 g/mol. The molecule has 0 aromatic heterocycles. The Morgan fingerprint density at radius 1 is 0.459 bits per heavy atom. The van der Waals surface area contributed by atoms with Crippen LogP contribution in [0, 0.1) is 0 Å². The summed E-state index contributed by atoms with van der Waals surface area (Å²) in [5.74, 6) is 0.0642. The second-order valence-electron chi connectivity index (χ2n) is 17.1. The van der Waals surface area contributed by atoms with Crippen molar-refractivity contribution in [2.75, 3.05) is 33.0 Å². The van der Waals surface area contributed by atoms with Crippen LogP contribution < -0.4 is 4.89 Å². The van der Waals surface area contributed by atoms with Crippen molar-refractivity contribution >= 4 is 19.6 Å². The fourth-order valence-corrected chi connectivity index (χ4v) is 7.45. The fourth-order valence-electron chi connectivity index (χ4n) is 6.67. The summed E-state index contributed by atoms with van der Waals surface area (Å²) in [4.78, 5) is 33.4. The molecule has 0 bridgehead atoms. The number of Topliss-reactive ketones (excluding diaryl/α,β-unsaturated/α-hetero) is 1. The van der Waals surface area contributed by atoms with Gasteiger partial charge in [0.25, 0.3) is 7.82 Å². The van der Waals surface area contributed by atoms with Gasteiger partial charge in [-0.05, 0) is 26.2 Å². The van der Waals surface area contributed by atoms with Gasteiger partial charge >= 0.3 is 5.97 Å². The molecule has 0 aromatic carbocycles. The highest BCUT2D eigenvalue weighted by atomic mass is 31.2. The third-order valence-electron chi connectivity index (χ3n) is 10.6. The summed E-state index contributed by atoms with van der Waals surface area (Å²) in [6, 6.07) is 0. The molecule has 0 radical (unpaired) electrons. The van der Waals surface area contributed by atoms with E-state index in [4.69, 9.17) is 29.7 Å².